The van der Waals surface area contributed by atoms with Gasteiger partial charge >= 0.3 is 0 Å². The first kappa shape index (κ1) is 13.1. The van der Waals surface area contributed by atoms with E-state index in [1.54, 1.807) is 11.8 Å². The number of nitriles is 1. The number of hydrogen-bond acceptors (Lipinski definition) is 5. The fraction of sp³-hybridized carbons (Fsp3) is 0.429. The molecule has 102 valence electrons. The molecule has 1 aromatic carbocycles. The molecule has 1 aliphatic rings. The van der Waals surface area contributed by atoms with Gasteiger partial charge in [-0.2, -0.15) is 5.26 Å². The maximum absolute atomic E-state index is 8.94. The Hall–Kier alpha value is -1.87. The number of nitrogens with zero attached hydrogens (tertiary/aromatic N) is 5. The fourth-order valence-electron chi connectivity index (χ4n) is 2.07. The molecule has 5 nitrogen and oxygen atoms in total. The SMILES string of the molecule is CC(SCc1nnnn1C1CC1)c1cccc(C#N)c1. The smallest absolute Gasteiger partial charge is 0.161 e. The summed E-state index contributed by atoms with van der Waals surface area (Å²) in [5.74, 6) is 1.74. The first-order chi connectivity index (χ1) is 9.78. The van der Waals surface area contributed by atoms with Crippen molar-refractivity contribution in [2.45, 2.75) is 36.8 Å². The van der Waals surface area contributed by atoms with Gasteiger partial charge in [0.1, 0.15) is 0 Å². The third-order valence-electron chi connectivity index (χ3n) is 3.40. The van der Waals surface area contributed by atoms with E-state index in [4.69, 9.17) is 5.26 Å². The van der Waals surface area contributed by atoms with E-state index >= 15 is 0 Å². The molecule has 1 atom stereocenters. The van der Waals surface area contributed by atoms with Gasteiger partial charge in [-0.1, -0.05) is 12.1 Å². The Kier molecular flexibility index (Phi) is 3.70. The highest BCUT2D eigenvalue weighted by atomic mass is 32.2. The molecule has 1 saturated carbocycles. The second-order valence-corrected chi connectivity index (χ2v) is 6.29. The molecule has 0 bridgehead atoms. The molecule has 0 N–H and O–H groups in total. The van der Waals surface area contributed by atoms with Gasteiger partial charge in [0.2, 0.25) is 0 Å². The summed E-state index contributed by atoms with van der Waals surface area (Å²) in [4.78, 5) is 0. The van der Waals surface area contributed by atoms with Crippen LogP contribution in [0.5, 0.6) is 0 Å². The number of tetrazole rings is 1. The molecule has 1 heterocycles. The minimum absolute atomic E-state index is 0.313. The summed E-state index contributed by atoms with van der Waals surface area (Å²) in [6.07, 6.45) is 2.37. The summed E-state index contributed by atoms with van der Waals surface area (Å²) in [7, 11) is 0. The monoisotopic (exact) mass is 285 g/mol. The molecule has 0 radical (unpaired) electrons. The average molecular weight is 285 g/mol. The van der Waals surface area contributed by atoms with Crippen LogP contribution >= 0.6 is 11.8 Å². The van der Waals surface area contributed by atoms with Gasteiger partial charge in [-0.05, 0) is 47.9 Å². The second-order valence-electron chi connectivity index (χ2n) is 4.96. The van der Waals surface area contributed by atoms with Crippen LogP contribution in [0.4, 0.5) is 0 Å². The fourth-order valence-corrected chi connectivity index (χ4v) is 3.00. The summed E-state index contributed by atoms with van der Waals surface area (Å²) < 4.78 is 1.95. The molecular weight excluding hydrogens is 270 g/mol. The minimum Gasteiger partial charge on any atom is -0.226 e. The van der Waals surface area contributed by atoms with E-state index < -0.39 is 0 Å². The molecule has 3 rings (SSSR count). The van der Waals surface area contributed by atoms with Crippen molar-refractivity contribution in [3.63, 3.8) is 0 Å². The van der Waals surface area contributed by atoms with Crippen molar-refractivity contribution in [1.82, 2.24) is 20.2 Å². The van der Waals surface area contributed by atoms with Gasteiger partial charge in [0.15, 0.2) is 5.82 Å². The maximum Gasteiger partial charge on any atom is 0.161 e. The second kappa shape index (κ2) is 5.63. The molecule has 0 saturated heterocycles. The first-order valence-corrected chi connectivity index (χ1v) is 7.71. The minimum atomic E-state index is 0.313. The average Bonchev–Trinajstić information content (AvgIpc) is 3.23. The van der Waals surface area contributed by atoms with E-state index in [9.17, 15) is 0 Å². The van der Waals surface area contributed by atoms with Gasteiger partial charge in [0.05, 0.1) is 23.4 Å². The summed E-state index contributed by atoms with van der Waals surface area (Å²) in [5.41, 5.74) is 1.87. The summed E-state index contributed by atoms with van der Waals surface area (Å²) in [5, 5.41) is 21.2. The summed E-state index contributed by atoms with van der Waals surface area (Å²) in [6.45, 7) is 2.15. The Labute approximate surface area is 122 Å². The predicted molar refractivity (Wildman–Crippen MR) is 77.0 cm³/mol. The topological polar surface area (TPSA) is 67.4 Å². The highest BCUT2D eigenvalue weighted by Gasteiger charge is 2.27. The van der Waals surface area contributed by atoms with Crippen molar-refractivity contribution in [1.29, 1.82) is 5.26 Å². The van der Waals surface area contributed by atoms with E-state index in [-0.39, 0.29) is 0 Å². The Morgan fingerprint density at radius 3 is 3.10 bits per heavy atom. The van der Waals surface area contributed by atoms with Crippen molar-refractivity contribution in [3.05, 3.63) is 41.2 Å². The van der Waals surface area contributed by atoms with Gasteiger partial charge in [-0.25, -0.2) is 4.68 Å². The Morgan fingerprint density at radius 1 is 1.50 bits per heavy atom. The zero-order valence-electron chi connectivity index (χ0n) is 11.2. The highest BCUT2D eigenvalue weighted by molar-refractivity contribution is 7.98. The Morgan fingerprint density at radius 2 is 2.35 bits per heavy atom. The van der Waals surface area contributed by atoms with Crippen LogP contribution in [0.25, 0.3) is 0 Å². The third kappa shape index (κ3) is 2.83. The number of benzene rings is 1. The lowest BCUT2D eigenvalue weighted by atomic mass is 10.1. The standard InChI is InChI=1S/C14H15N5S/c1-10(12-4-2-3-11(7-12)8-15)20-9-14-16-17-18-19(14)13-5-6-13/h2-4,7,10,13H,5-6,9H2,1H3. The molecule has 1 unspecified atom stereocenters. The van der Waals surface area contributed by atoms with Gasteiger partial charge in [-0.3, -0.25) is 0 Å². The van der Waals surface area contributed by atoms with Crippen LogP contribution in [0, 0.1) is 11.3 Å². The van der Waals surface area contributed by atoms with Crippen LogP contribution in [-0.2, 0) is 5.75 Å². The lowest BCUT2D eigenvalue weighted by molar-refractivity contribution is 0.593. The molecule has 1 aromatic heterocycles. The van der Waals surface area contributed by atoms with Crippen LogP contribution in [0.2, 0.25) is 0 Å². The molecule has 0 spiro atoms. The molecule has 6 heteroatoms. The van der Waals surface area contributed by atoms with E-state index in [1.165, 1.54) is 18.4 Å². The number of rotatable bonds is 5. The quantitative estimate of drug-likeness (QED) is 0.845. The van der Waals surface area contributed by atoms with E-state index in [1.807, 2.05) is 22.9 Å². The summed E-state index contributed by atoms with van der Waals surface area (Å²) >= 11 is 1.79. The largest absolute Gasteiger partial charge is 0.226 e. The van der Waals surface area contributed by atoms with Gasteiger partial charge in [0.25, 0.3) is 0 Å². The van der Waals surface area contributed by atoms with E-state index in [2.05, 4.69) is 34.6 Å². The number of aromatic nitrogens is 4. The van der Waals surface area contributed by atoms with Crippen LogP contribution < -0.4 is 0 Å². The molecule has 2 aromatic rings. The highest BCUT2D eigenvalue weighted by Crippen LogP contribution is 2.36. The van der Waals surface area contributed by atoms with Crippen LogP contribution in [0.15, 0.2) is 24.3 Å². The van der Waals surface area contributed by atoms with E-state index in [0.29, 0.717) is 16.9 Å². The van der Waals surface area contributed by atoms with Crippen molar-refractivity contribution in [2.24, 2.45) is 0 Å². The Balaban J connectivity index is 1.65. The third-order valence-corrected chi connectivity index (χ3v) is 4.60. The van der Waals surface area contributed by atoms with Gasteiger partial charge < -0.3 is 0 Å². The van der Waals surface area contributed by atoms with Crippen molar-refractivity contribution >= 4 is 11.8 Å². The molecule has 0 aliphatic heterocycles. The van der Waals surface area contributed by atoms with E-state index in [0.717, 1.165) is 11.6 Å². The first-order valence-electron chi connectivity index (χ1n) is 6.66. The molecular formula is C14H15N5S. The zero-order chi connectivity index (χ0) is 13.9. The van der Waals surface area contributed by atoms with Crippen LogP contribution in [0.1, 0.15) is 48.0 Å². The summed E-state index contributed by atoms with van der Waals surface area (Å²) in [6, 6.07) is 10.5. The lowest BCUT2D eigenvalue weighted by Crippen LogP contribution is -2.03. The zero-order valence-corrected chi connectivity index (χ0v) is 12.0. The molecule has 1 fully saturated rings. The van der Waals surface area contributed by atoms with Crippen molar-refractivity contribution in [2.75, 3.05) is 0 Å². The molecule has 0 amide bonds. The van der Waals surface area contributed by atoms with Gasteiger partial charge in [-0.15, -0.1) is 16.9 Å². The maximum atomic E-state index is 8.94. The Bertz CT molecular complexity index is 641. The van der Waals surface area contributed by atoms with Gasteiger partial charge in [0, 0.05) is 5.25 Å². The van der Waals surface area contributed by atoms with Crippen molar-refractivity contribution in [3.8, 4) is 6.07 Å². The van der Waals surface area contributed by atoms with Crippen molar-refractivity contribution < 1.29 is 0 Å². The number of thioether (sulfide) groups is 1. The predicted octanol–water partition coefficient (Wildman–Crippen LogP) is 2.87. The van der Waals surface area contributed by atoms with Crippen LogP contribution in [-0.4, -0.2) is 20.2 Å². The normalized spacial score (nSPS) is 15.8. The molecule has 20 heavy (non-hydrogen) atoms. The lowest BCUT2D eigenvalue weighted by Gasteiger charge is -2.11. The number of hydrogen-bond donors (Lipinski definition) is 0. The molecule has 1 aliphatic carbocycles. The van der Waals surface area contributed by atoms with Crippen LogP contribution in [0.3, 0.4) is 0 Å².